The summed E-state index contributed by atoms with van der Waals surface area (Å²) in [6, 6.07) is -0.0728. The summed E-state index contributed by atoms with van der Waals surface area (Å²) in [5.41, 5.74) is 1.09. The Balaban J connectivity index is 1.24. The van der Waals surface area contributed by atoms with Gasteiger partial charge in [0.15, 0.2) is 23.0 Å². The molecule has 3 aliphatic heterocycles. The van der Waals surface area contributed by atoms with Crippen LogP contribution in [0.2, 0.25) is 0 Å². The van der Waals surface area contributed by atoms with Gasteiger partial charge in [0, 0.05) is 12.5 Å². The molecule has 218 valence electrons. The number of aryl methyl sites for hydroxylation is 1. The molecule has 0 aromatic carbocycles. The zero-order valence-electron chi connectivity index (χ0n) is 21.3. The molecule has 8 rings (SSSR count). The van der Waals surface area contributed by atoms with Gasteiger partial charge in [0.1, 0.15) is 36.2 Å². The third kappa shape index (κ3) is 5.32. The highest BCUT2D eigenvalue weighted by Gasteiger charge is 2.43. The number of nitrogens with one attached hydrogen (secondary N) is 1. The second-order valence-electron chi connectivity index (χ2n) is 9.99. The fourth-order valence-electron chi connectivity index (χ4n) is 5.34. The molecular formula is C21H24N8O8P2S2. The Morgan fingerprint density at radius 1 is 1.05 bits per heavy atom. The lowest BCUT2D eigenvalue weighted by Crippen LogP contribution is -2.34. The van der Waals surface area contributed by atoms with E-state index < -0.39 is 37.4 Å². The molecule has 41 heavy (non-hydrogen) atoms. The van der Waals surface area contributed by atoms with Crippen molar-refractivity contribution in [1.29, 1.82) is 0 Å². The molecule has 4 aliphatic rings. The summed E-state index contributed by atoms with van der Waals surface area (Å²) in [6.45, 7) is -6.10. The van der Waals surface area contributed by atoms with Crippen molar-refractivity contribution >= 4 is 59.4 Å². The Morgan fingerprint density at radius 2 is 1.85 bits per heavy atom. The van der Waals surface area contributed by atoms with Crippen molar-refractivity contribution < 1.29 is 32.6 Å². The van der Waals surface area contributed by atoms with Crippen LogP contribution in [0.4, 0.5) is 0 Å². The number of rotatable bonds is 1. The monoisotopic (exact) mass is 642 g/mol. The smallest absolute Gasteiger partial charge is 0.325 e. The fourth-order valence-corrected chi connectivity index (χ4v) is 8.21. The molecule has 7 heterocycles. The van der Waals surface area contributed by atoms with E-state index in [0.717, 1.165) is 0 Å². The van der Waals surface area contributed by atoms with Gasteiger partial charge in [-0.05, 0) is 43.4 Å². The van der Waals surface area contributed by atoms with Gasteiger partial charge < -0.3 is 42.2 Å². The molecular weight excluding hydrogens is 618 g/mol. The molecule has 4 aromatic rings. The summed E-state index contributed by atoms with van der Waals surface area (Å²) in [5.74, 6) is 0.851. The molecule has 1 saturated carbocycles. The molecule has 2 fully saturated rings. The Bertz CT molecular complexity index is 1810. The normalized spacial score (nSPS) is 34.5. The molecule has 4 bridgehead atoms. The van der Waals surface area contributed by atoms with Gasteiger partial charge in [-0.15, -0.1) is 0 Å². The molecule has 16 nitrogen and oxygen atoms in total. The summed E-state index contributed by atoms with van der Waals surface area (Å²) in [7, 11) is 0. The molecule has 3 N–H and O–H groups in total. The number of imidazole rings is 2. The van der Waals surface area contributed by atoms with E-state index >= 15 is 0 Å². The highest BCUT2D eigenvalue weighted by Crippen LogP contribution is 2.54. The molecule has 20 heteroatoms. The zero-order chi connectivity index (χ0) is 28.5. The number of hydrogen-bond acceptors (Lipinski definition) is 13. The molecule has 0 amide bonds. The molecule has 5 atom stereocenters. The molecule has 4 aromatic heterocycles. The first-order valence-electron chi connectivity index (χ1n) is 12.6. The molecule has 0 radical (unpaired) electrons. The van der Waals surface area contributed by atoms with Crippen LogP contribution in [0.5, 0.6) is 0 Å². The second kappa shape index (κ2) is 10.3. The average molecular weight is 643 g/mol. The van der Waals surface area contributed by atoms with Gasteiger partial charge in [0.05, 0.1) is 31.3 Å². The summed E-state index contributed by atoms with van der Waals surface area (Å²) in [6.07, 6.45) is 2.90. The highest BCUT2D eigenvalue weighted by atomic mass is 32.5. The summed E-state index contributed by atoms with van der Waals surface area (Å²) in [5, 5.41) is 0. The number of hydrogen-bond donors (Lipinski definition) is 3. The van der Waals surface area contributed by atoms with Crippen LogP contribution in [0.3, 0.4) is 0 Å². The standard InChI is InChI=1S/C21H24N8O8P2S2/c1-10-25-19-17(20(30)26-10)24-9-28(19)21-15-4-13(35-21)6-33-38(31,40)36-12-2-11(3-12)29-16(7-34-39(32,41)37-15)27-14-5-22-8-23-18(14)29/h5,8-9,11-13,15,21H,2-4,6-7H2,1H3,(H,31,40)(H,32,41)(H,25,26,30)/t11?,12?,13-,15+,21+,38?,39?/m0/s1. The number of H-pyrrole nitrogens is 1. The fraction of sp³-hybridized carbons (Fsp3) is 0.524. The minimum atomic E-state index is -3.87. The van der Waals surface area contributed by atoms with Crippen molar-refractivity contribution in [3.05, 3.63) is 40.9 Å². The first-order chi connectivity index (χ1) is 19.6. The van der Waals surface area contributed by atoms with E-state index in [1.165, 1.54) is 17.2 Å². The summed E-state index contributed by atoms with van der Waals surface area (Å²) >= 11 is 10.7. The molecule has 1 aliphatic carbocycles. The maximum absolute atomic E-state index is 12.4. The number of aromatic nitrogens is 8. The van der Waals surface area contributed by atoms with E-state index in [9.17, 15) is 14.6 Å². The summed E-state index contributed by atoms with van der Waals surface area (Å²) < 4.78 is 32.9. The maximum atomic E-state index is 12.4. The molecule has 2 unspecified atom stereocenters. The molecule has 0 spiro atoms. The topological polar surface area (TPSA) is 194 Å². The highest BCUT2D eigenvalue weighted by molar-refractivity contribution is 8.07. The minimum absolute atomic E-state index is 0.0728. The quantitative estimate of drug-likeness (QED) is 0.254. The van der Waals surface area contributed by atoms with E-state index in [1.807, 2.05) is 4.57 Å². The van der Waals surface area contributed by atoms with E-state index in [2.05, 4.69) is 29.9 Å². The Hall–Kier alpha value is -2.08. The van der Waals surface area contributed by atoms with E-state index in [0.29, 0.717) is 35.7 Å². The van der Waals surface area contributed by atoms with Crippen molar-refractivity contribution in [3.63, 3.8) is 0 Å². The maximum Gasteiger partial charge on any atom is 0.325 e. The number of ether oxygens (including phenoxy) is 1. The lowest BCUT2D eigenvalue weighted by Gasteiger charge is -2.38. The predicted molar refractivity (Wildman–Crippen MR) is 149 cm³/mol. The van der Waals surface area contributed by atoms with E-state index in [4.69, 9.17) is 46.4 Å². The van der Waals surface area contributed by atoms with E-state index in [-0.39, 0.29) is 42.9 Å². The third-order valence-corrected chi connectivity index (χ3v) is 10.3. The van der Waals surface area contributed by atoms with Gasteiger partial charge in [-0.1, -0.05) is 0 Å². The largest absolute Gasteiger partial charge is 0.349 e. The van der Waals surface area contributed by atoms with Crippen LogP contribution in [0.1, 0.15) is 43.2 Å². The van der Waals surface area contributed by atoms with Crippen LogP contribution in [0.15, 0.2) is 23.6 Å². The average Bonchev–Trinajstić information content (AvgIpc) is 3.58. The van der Waals surface area contributed by atoms with Crippen LogP contribution in [0, 0.1) is 6.92 Å². The third-order valence-electron chi connectivity index (χ3n) is 7.16. The van der Waals surface area contributed by atoms with Gasteiger partial charge in [-0.2, -0.15) is 0 Å². The predicted octanol–water partition coefficient (Wildman–Crippen LogP) is 1.64. The Morgan fingerprint density at radius 3 is 2.68 bits per heavy atom. The number of aromatic amines is 1. The van der Waals surface area contributed by atoms with Crippen LogP contribution < -0.4 is 5.56 Å². The van der Waals surface area contributed by atoms with Gasteiger partial charge >= 0.3 is 13.4 Å². The summed E-state index contributed by atoms with van der Waals surface area (Å²) in [4.78, 5) is 58.6. The van der Waals surface area contributed by atoms with Crippen molar-refractivity contribution in [1.82, 2.24) is 39.0 Å². The van der Waals surface area contributed by atoms with Crippen molar-refractivity contribution in [2.24, 2.45) is 0 Å². The zero-order valence-corrected chi connectivity index (χ0v) is 24.8. The molecule has 1 saturated heterocycles. The van der Waals surface area contributed by atoms with Crippen molar-refractivity contribution in [2.75, 3.05) is 6.61 Å². The van der Waals surface area contributed by atoms with Gasteiger partial charge in [-0.25, -0.2) is 24.9 Å². The van der Waals surface area contributed by atoms with Gasteiger partial charge in [0.25, 0.3) is 5.56 Å². The Kier molecular flexibility index (Phi) is 6.95. The first kappa shape index (κ1) is 27.7. The lowest BCUT2D eigenvalue weighted by molar-refractivity contribution is -0.0466. The van der Waals surface area contributed by atoms with Crippen LogP contribution in [0.25, 0.3) is 22.3 Å². The number of fused-ring (bicyclic) bond motifs is 8. The van der Waals surface area contributed by atoms with Crippen molar-refractivity contribution in [3.8, 4) is 0 Å². The number of nitrogens with zero attached hydrogens (tertiary/aromatic N) is 7. The van der Waals surface area contributed by atoms with E-state index in [1.54, 1.807) is 13.1 Å². The second-order valence-corrected chi connectivity index (χ2v) is 15.6. The van der Waals surface area contributed by atoms with Gasteiger partial charge in [0.2, 0.25) is 0 Å². The van der Waals surface area contributed by atoms with Crippen LogP contribution in [-0.4, -0.2) is 73.7 Å². The SMILES string of the molecule is Cc1nc2c(ncn2[C@@H]2O[C@@H]3COP(O)(=S)OC4CC(C4)n4c(nc5cncnc54)COP(O)(=S)O[C@@H]2C3)c(=O)[nH]1. The van der Waals surface area contributed by atoms with Crippen LogP contribution >= 0.6 is 13.4 Å². The lowest BCUT2D eigenvalue weighted by atomic mass is 9.89. The minimum Gasteiger partial charge on any atom is -0.349 e. The van der Waals surface area contributed by atoms with Gasteiger partial charge in [-0.3, -0.25) is 9.36 Å². The van der Waals surface area contributed by atoms with Crippen molar-refractivity contribution in [2.45, 2.75) is 63.4 Å². The van der Waals surface area contributed by atoms with Crippen LogP contribution in [-0.2, 0) is 53.1 Å². The Labute approximate surface area is 241 Å². The first-order valence-corrected chi connectivity index (χ1v) is 17.8.